The summed E-state index contributed by atoms with van der Waals surface area (Å²) in [6, 6.07) is 20.0. The molecule has 1 unspecified atom stereocenters. The molecule has 0 saturated carbocycles. The third-order valence-corrected chi connectivity index (χ3v) is 3.80. The van der Waals surface area contributed by atoms with Crippen molar-refractivity contribution in [3.8, 4) is 5.75 Å². The first-order valence-electron chi connectivity index (χ1n) is 8.78. The number of anilines is 3. The standard InChI is InChI=1S/C21H24N4O/c1-15(2)26-19-11-9-18(10-12-19)24-20-13-14-22-21(25-20)23-16(3)17-7-5-4-6-8-17/h4-16H,1-3H3,(H2,22,23,24,25). The third-order valence-electron chi connectivity index (χ3n) is 3.80. The summed E-state index contributed by atoms with van der Waals surface area (Å²) < 4.78 is 5.66. The van der Waals surface area contributed by atoms with Gasteiger partial charge in [0.2, 0.25) is 5.95 Å². The molecule has 0 bridgehead atoms. The molecule has 1 heterocycles. The van der Waals surface area contributed by atoms with Crippen molar-refractivity contribution in [2.45, 2.75) is 32.9 Å². The lowest BCUT2D eigenvalue weighted by Crippen LogP contribution is -2.10. The predicted octanol–water partition coefficient (Wildman–Crippen LogP) is 5.18. The molecule has 134 valence electrons. The molecule has 1 aromatic heterocycles. The molecule has 0 radical (unpaired) electrons. The molecule has 1 atom stereocenters. The Balaban J connectivity index is 1.65. The van der Waals surface area contributed by atoms with Crippen molar-refractivity contribution in [1.29, 1.82) is 0 Å². The number of rotatable bonds is 7. The molecule has 0 aliphatic carbocycles. The summed E-state index contributed by atoms with van der Waals surface area (Å²) in [7, 11) is 0. The largest absolute Gasteiger partial charge is 0.491 e. The fourth-order valence-electron chi connectivity index (χ4n) is 2.55. The number of hydrogen-bond acceptors (Lipinski definition) is 5. The second kappa shape index (κ2) is 8.34. The van der Waals surface area contributed by atoms with Gasteiger partial charge in [0.15, 0.2) is 0 Å². The van der Waals surface area contributed by atoms with Crippen LogP contribution in [-0.2, 0) is 0 Å². The monoisotopic (exact) mass is 348 g/mol. The van der Waals surface area contributed by atoms with Gasteiger partial charge in [-0.05, 0) is 56.7 Å². The van der Waals surface area contributed by atoms with E-state index in [0.717, 1.165) is 17.3 Å². The molecule has 5 heteroatoms. The molecule has 0 fully saturated rings. The van der Waals surface area contributed by atoms with E-state index < -0.39 is 0 Å². The van der Waals surface area contributed by atoms with Crippen LogP contribution >= 0.6 is 0 Å². The van der Waals surface area contributed by atoms with E-state index in [4.69, 9.17) is 4.74 Å². The maximum atomic E-state index is 5.66. The number of benzene rings is 2. The zero-order valence-electron chi connectivity index (χ0n) is 15.3. The highest BCUT2D eigenvalue weighted by Crippen LogP contribution is 2.21. The van der Waals surface area contributed by atoms with Gasteiger partial charge >= 0.3 is 0 Å². The lowest BCUT2D eigenvalue weighted by Gasteiger charge is -2.15. The summed E-state index contributed by atoms with van der Waals surface area (Å²) in [6.07, 6.45) is 1.90. The fraction of sp³-hybridized carbons (Fsp3) is 0.238. The van der Waals surface area contributed by atoms with E-state index in [2.05, 4.69) is 39.7 Å². The Kier molecular flexibility index (Phi) is 5.69. The molecule has 0 aliphatic rings. The first kappa shape index (κ1) is 17.7. The van der Waals surface area contributed by atoms with Crippen molar-refractivity contribution in [2.24, 2.45) is 0 Å². The van der Waals surface area contributed by atoms with Crippen LogP contribution in [0.25, 0.3) is 0 Å². The van der Waals surface area contributed by atoms with Crippen LogP contribution in [0.1, 0.15) is 32.4 Å². The number of nitrogens with zero attached hydrogens (tertiary/aromatic N) is 2. The minimum Gasteiger partial charge on any atom is -0.491 e. The van der Waals surface area contributed by atoms with E-state index in [1.54, 1.807) is 6.20 Å². The van der Waals surface area contributed by atoms with Crippen LogP contribution in [0.5, 0.6) is 5.75 Å². The lowest BCUT2D eigenvalue weighted by atomic mass is 10.1. The van der Waals surface area contributed by atoms with Gasteiger partial charge in [0.05, 0.1) is 12.1 Å². The first-order chi connectivity index (χ1) is 12.6. The SMILES string of the molecule is CC(C)Oc1ccc(Nc2ccnc(NC(C)c3ccccc3)n2)cc1. The van der Waals surface area contributed by atoms with Crippen molar-refractivity contribution in [3.05, 3.63) is 72.4 Å². The molecule has 26 heavy (non-hydrogen) atoms. The number of ether oxygens (including phenoxy) is 1. The van der Waals surface area contributed by atoms with E-state index >= 15 is 0 Å². The van der Waals surface area contributed by atoms with Crippen LogP contribution < -0.4 is 15.4 Å². The highest BCUT2D eigenvalue weighted by molar-refractivity contribution is 5.57. The van der Waals surface area contributed by atoms with Crippen LogP contribution in [0.2, 0.25) is 0 Å². The number of aromatic nitrogens is 2. The second-order valence-corrected chi connectivity index (χ2v) is 6.36. The van der Waals surface area contributed by atoms with Gasteiger partial charge in [-0.2, -0.15) is 4.98 Å². The maximum absolute atomic E-state index is 5.66. The van der Waals surface area contributed by atoms with Crippen LogP contribution in [-0.4, -0.2) is 16.1 Å². The summed E-state index contributed by atoms with van der Waals surface area (Å²) in [5.41, 5.74) is 2.14. The zero-order valence-corrected chi connectivity index (χ0v) is 15.3. The van der Waals surface area contributed by atoms with Crippen LogP contribution in [0.3, 0.4) is 0 Å². The molecular formula is C21H24N4O. The van der Waals surface area contributed by atoms with E-state index in [0.29, 0.717) is 5.95 Å². The van der Waals surface area contributed by atoms with Gasteiger partial charge in [-0.1, -0.05) is 30.3 Å². The first-order valence-corrected chi connectivity index (χ1v) is 8.78. The molecule has 0 saturated heterocycles. The molecule has 3 rings (SSSR count). The van der Waals surface area contributed by atoms with Crippen LogP contribution in [0, 0.1) is 0 Å². The highest BCUT2D eigenvalue weighted by atomic mass is 16.5. The van der Waals surface area contributed by atoms with Crippen LogP contribution in [0.15, 0.2) is 66.9 Å². The normalized spacial score (nSPS) is 11.8. The third kappa shape index (κ3) is 4.96. The van der Waals surface area contributed by atoms with E-state index in [9.17, 15) is 0 Å². The number of hydrogen-bond donors (Lipinski definition) is 2. The summed E-state index contributed by atoms with van der Waals surface area (Å²) >= 11 is 0. The summed E-state index contributed by atoms with van der Waals surface area (Å²) in [6.45, 7) is 6.11. The van der Waals surface area contributed by atoms with Gasteiger partial charge in [0.1, 0.15) is 11.6 Å². The van der Waals surface area contributed by atoms with E-state index in [-0.39, 0.29) is 12.1 Å². The highest BCUT2D eigenvalue weighted by Gasteiger charge is 2.07. The Morgan fingerprint density at radius 1 is 0.885 bits per heavy atom. The fourth-order valence-corrected chi connectivity index (χ4v) is 2.55. The lowest BCUT2D eigenvalue weighted by molar-refractivity contribution is 0.242. The maximum Gasteiger partial charge on any atom is 0.225 e. The predicted molar refractivity (Wildman–Crippen MR) is 106 cm³/mol. The molecular weight excluding hydrogens is 324 g/mol. The number of nitrogens with one attached hydrogen (secondary N) is 2. The van der Waals surface area contributed by atoms with E-state index in [1.165, 1.54) is 5.56 Å². The average molecular weight is 348 g/mol. The molecule has 2 aromatic carbocycles. The second-order valence-electron chi connectivity index (χ2n) is 6.36. The Labute approximate surface area is 154 Å². The average Bonchev–Trinajstić information content (AvgIpc) is 2.64. The quantitative estimate of drug-likeness (QED) is 0.616. The van der Waals surface area contributed by atoms with Crippen molar-refractivity contribution < 1.29 is 4.74 Å². The van der Waals surface area contributed by atoms with Crippen molar-refractivity contribution in [1.82, 2.24) is 9.97 Å². The minimum absolute atomic E-state index is 0.124. The molecule has 0 amide bonds. The zero-order chi connectivity index (χ0) is 18.4. The van der Waals surface area contributed by atoms with Gasteiger partial charge in [0.25, 0.3) is 0 Å². The van der Waals surface area contributed by atoms with Gasteiger partial charge < -0.3 is 15.4 Å². The van der Waals surface area contributed by atoms with Crippen LogP contribution in [0.4, 0.5) is 17.5 Å². The Morgan fingerprint density at radius 3 is 2.31 bits per heavy atom. The van der Waals surface area contributed by atoms with Crippen molar-refractivity contribution in [2.75, 3.05) is 10.6 Å². The topological polar surface area (TPSA) is 59.1 Å². The van der Waals surface area contributed by atoms with Gasteiger partial charge in [-0.25, -0.2) is 4.98 Å². The van der Waals surface area contributed by atoms with E-state index in [1.807, 2.05) is 62.4 Å². The van der Waals surface area contributed by atoms with Gasteiger partial charge in [-0.3, -0.25) is 0 Å². The summed E-state index contributed by atoms with van der Waals surface area (Å²) in [5.74, 6) is 2.18. The molecule has 5 nitrogen and oxygen atoms in total. The smallest absolute Gasteiger partial charge is 0.225 e. The molecule has 0 aliphatic heterocycles. The van der Waals surface area contributed by atoms with Crippen molar-refractivity contribution >= 4 is 17.5 Å². The Bertz CT molecular complexity index is 819. The van der Waals surface area contributed by atoms with Crippen molar-refractivity contribution in [3.63, 3.8) is 0 Å². The molecule has 3 aromatic rings. The Morgan fingerprint density at radius 2 is 1.62 bits per heavy atom. The summed E-state index contributed by atoms with van der Waals surface area (Å²) in [4.78, 5) is 8.85. The molecule has 2 N–H and O–H groups in total. The van der Waals surface area contributed by atoms with Gasteiger partial charge in [-0.15, -0.1) is 0 Å². The summed E-state index contributed by atoms with van der Waals surface area (Å²) in [5, 5.41) is 6.62. The van der Waals surface area contributed by atoms with Gasteiger partial charge in [0, 0.05) is 11.9 Å². The Hall–Kier alpha value is -3.08. The molecule has 0 spiro atoms. The minimum atomic E-state index is 0.124.